The van der Waals surface area contributed by atoms with Gasteiger partial charge in [0.15, 0.2) is 0 Å². The summed E-state index contributed by atoms with van der Waals surface area (Å²) in [7, 11) is 0. The van der Waals surface area contributed by atoms with Gasteiger partial charge in [0, 0.05) is 33.8 Å². The molecule has 5 heteroatoms. The van der Waals surface area contributed by atoms with Crippen molar-refractivity contribution in [1.82, 2.24) is 4.90 Å². The van der Waals surface area contributed by atoms with Crippen LogP contribution < -0.4 is 5.32 Å². The molecule has 0 saturated carbocycles. The van der Waals surface area contributed by atoms with Gasteiger partial charge in [0.2, 0.25) is 0 Å². The number of hydrogen-bond acceptors (Lipinski definition) is 3. The number of aryl methyl sites for hydroxylation is 1. The molecule has 2 amide bonds. The Hall–Kier alpha value is -2.40. The van der Waals surface area contributed by atoms with Gasteiger partial charge in [-0.15, -0.1) is 11.3 Å². The van der Waals surface area contributed by atoms with Crippen molar-refractivity contribution >= 4 is 33.7 Å². The van der Waals surface area contributed by atoms with Crippen LogP contribution in [0, 0.1) is 5.92 Å². The van der Waals surface area contributed by atoms with E-state index in [0.29, 0.717) is 11.5 Å². The summed E-state index contributed by atoms with van der Waals surface area (Å²) in [6.45, 7) is 16.6. The molecule has 3 aliphatic rings. The van der Waals surface area contributed by atoms with Crippen LogP contribution in [-0.4, -0.2) is 23.3 Å². The fourth-order valence-electron chi connectivity index (χ4n) is 4.92. The predicted molar refractivity (Wildman–Crippen MR) is 124 cm³/mol. The summed E-state index contributed by atoms with van der Waals surface area (Å²) in [6, 6.07) is 0. The van der Waals surface area contributed by atoms with Crippen molar-refractivity contribution in [2.45, 2.75) is 58.8 Å². The summed E-state index contributed by atoms with van der Waals surface area (Å²) in [4.78, 5) is 28.4. The van der Waals surface area contributed by atoms with Gasteiger partial charge in [0.05, 0.1) is 0 Å². The first kappa shape index (κ1) is 20.9. The summed E-state index contributed by atoms with van der Waals surface area (Å²) in [5.41, 5.74) is 6.95. The normalized spacial score (nSPS) is 20.9. The topological polar surface area (TPSA) is 49.4 Å². The lowest BCUT2D eigenvalue weighted by Gasteiger charge is -2.29. The molecule has 1 aliphatic heterocycles. The Labute approximate surface area is 183 Å². The first-order chi connectivity index (χ1) is 14.3. The molecule has 1 unspecified atom stereocenters. The standard InChI is InChI=1S/C25H30N2O2S/c1-14(2)22-20-12-17(10-11-21(20)30-24(22)26-23(28)15(3)4)13-27-16(5)18-8-6-7-9-19(18)25(27)29/h17H,1,3,5-13H2,2,4H3,(H,26,28). The highest BCUT2D eigenvalue weighted by molar-refractivity contribution is 7.16. The van der Waals surface area contributed by atoms with Crippen LogP contribution in [0.4, 0.5) is 5.00 Å². The van der Waals surface area contributed by atoms with Gasteiger partial charge < -0.3 is 10.2 Å². The van der Waals surface area contributed by atoms with E-state index in [-0.39, 0.29) is 11.8 Å². The minimum Gasteiger partial charge on any atom is -0.313 e. The molecule has 1 aromatic rings. The molecular formula is C25H30N2O2S. The van der Waals surface area contributed by atoms with Gasteiger partial charge in [-0.3, -0.25) is 9.59 Å². The van der Waals surface area contributed by atoms with Gasteiger partial charge in [-0.2, -0.15) is 0 Å². The largest absolute Gasteiger partial charge is 0.313 e. The number of nitrogens with zero attached hydrogens (tertiary/aromatic N) is 1. The second kappa shape index (κ2) is 8.03. The van der Waals surface area contributed by atoms with Gasteiger partial charge in [0.1, 0.15) is 5.00 Å². The number of carbonyl (C=O) groups excluding carboxylic acids is 2. The van der Waals surface area contributed by atoms with E-state index in [1.54, 1.807) is 18.3 Å². The Kier molecular flexibility index (Phi) is 5.58. The third-order valence-corrected chi connectivity index (χ3v) is 7.70. The number of anilines is 1. The Morgan fingerprint density at radius 3 is 2.50 bits per heavy atom. The molecule has 30 heavy (non-hydrogen) atoms. The first-order valence-electron chi connectivity index (χ1n) is 10.8. The number of carbonyl (C=O) groups is 2. The summed E-state index contributed by atoms with van der Waals surface area (Å²) in [6.07, 6.45) is 7.05. The lowest BCUT2D eigenvalue weighted by Crippen LogP contribution is -2.33. The molecule has 1 aromatic heterocycles. The molecule has 2 heterocycles. The van der Waals surface area contributed by atoms with Crippen molar-refractivity contribution in [3.63, 3.8) is 0 Å². The Morgan fingerprint density at radius 1 is 1.17 bits per heavy atom. The molecule has 0 fully saturated rings. The van der Waals surface area contributed by atoms with Crippen molar-refractivity contribution in [2.75, 3.05) is 11.9 Å². The van der Waals surface area contributed by atoms with Crippen LogP contribution in [0.25, 0.3) is 5.57 Å². The summed E-state index contributed by atoms with van der Waals surface area (Å²) < 4.78 is 0. The maximum absolute atomic E-state index is 13.0. The highest BCUT2D eigenvalue weighted by atomic mass is 32.1. The van der Waals surface area contributed by atoms with Crippen LogP contribution in [0.1, 0.15) is 62.0 Å². The summed E-state index contributed by atoms with van der Waals surface area (Å²) in [5.74, 6) is 0.417. The minimum atomic E-state index is -0.150. The Balaban J connectivity index is 1.54. The van der Waals surface area contributed by atoms with Crippen molar-refractivity contribution in [3.8, 4) is 0 Å². The van der Waals surface area contributed by atoms with Crippen LogP contribution in [-0.2, 0) is 22.4 Å². The lowest BCUT2D eigenvalue weighted by molar-refractivity contribution is -0.125. The summed E-state index contributed by atoms with van der Waals surface area (Å²) >= 11 is 1.66. The number of amides is 2. The number of allylic oxidation sites excluding steroid dienone is 2. The zero-order valence-electron chi connectivity index (χ0n) is 18.0. The molecule has 4 nitrogen and oxygen atoms in total. The number of hydrogen-bond donors (Lipinski definition) is 1. The average Bonchev–Trinajstić information content (AvgIpc) is 3.18. The van der Waals surface area contributed by atoms with Crippen LogP contribution in [0.3, 0.4) is 0 Å². The molecule has 1 N–H and O–H groups in total. The van der Waals surface area contributed by atoms with Crippen LogP contribution in [0.5, 0.6) is 0 Å². The smallest absolute Gasteiger partial charge is 0.254 e. The molecule has 0 bridgehead atoms. The predicted octanol–water partition coefficient (Wildman–Crippen LogP) is 5.63. The van der Waals surface area contributed by atoms with Gasteiger partial charge in [-0.1, -0.05) is 19.7 Å². The lowest BCUT2D eigenvalue weighted by atomic mass is 9.85. The van der Waals surface area contributed by atoms with Crippen molar-refractivity contribution < 1.29 is 9.59 Å². The van der Waals surface area contributed by atoms with Crippen LogP contribution in [0.15, 0.2) is 42.2 Å². The minimum absolute atomic E-state index is 0.150. The number of fused-ring (bicyclic) bond motifs is 1. The first-order valence-corrected chi connectivity index (χ1v) is 11.6. The van der Waals surface area contributed by atoms with Gasteiger partial charge in [-0.05, 0) is 81.4 Å². The third kappa shape index (κ3) is 3.60. The highest BCUT2D eigenvalue weighted by Crippen LogP contribution is 2.44. The molecule has 4 rings (SSSR count). The van der Waals surface area contributed by atoms with Gasteiger partial charge >= 0.3 is 0 Å². The second-order valence-corrected chi connectivity index (χ2v) is 9.96. The van der Waals surface area contributed by atoms with E-state index in [2.05, 4.69) is 25.1 Å². The van der Waals surface area contributed by atoms with E-state index >= 15 is 0 Å². The van der Waals surface area contributed by atoms with Crippen molar-refractivity contribution in [2.24, 2.45) is 5.92 Å². The summed E-state index contributed by atoms with van der Waals surface area (Å²) in [5, 5.41) is 3.89. The zero-order valence-corrected chi connectivity index (χ0v) is 18.8. The number of nitrogens with one attached hydrogen (secondary N) is 1. The number of rotatable bonds is 5. The molecular weight excluding hydrogens is 392 g/mol. The molecule has 1 atom stereocenters. The Morgan fingerprint density at radius 2 is 1.87 bits per heavy atom. The molecule has 2 aliphatic carbocycles. The molecule has 0 saturated heterocycles. The molecule has 0 aromatic carbocycles. The monoisotopic (exact) mass is 422 g/mol. The van der Waals surface area contributed by atoms with E-state index in [9.17, 15) is 9.59 Å². The SMILES string of the molecule is C=C(C)C(=O)Nc1sc2c(c1C(=C)C)CC(CN1C(=C)C3=C(CCCC3)C1=O)CC2. The molecule has 0 spiro atoms. The van der Waals surface area contributed by atoms with E-state index in [0.717, 1.165) is 78.9 Å². The van der Waals surface area contributed by atoms with Gasteiger partial charge in [0.25, 0.3) is 11.8 Å². The van der Waals surface area contributed by atoms with Crippen molar-refractivity contribution in [3.05, 3.63) is 58.2 Å². The zero-order chi connectivity index (χ0) is 21.6. The maximum Gasteiger partial charge on any atom is 0.254 e. The van der Waals surface area contributed by atoms with Crippen molar-refractivity contribution in [1.29, 1.82) is 0 Å². The quantitative estimate of drug-likeness (QED) is 0.626. The maximum atomic E-state index is 13.0. The number of thiophene rings is 1. The molecule has 0 radical (unpaired) electrons. The third-order valence-electron chi connectivity index (χ3n) is 6.49. The highest BCUT2D eigenvalue weighted by Gasteiger charge is 2.37. The van der Waals surface area contributed by atoms with E-state index in [1.165, 1.54) is 16.0 Å². The fraction of sp³-hybridized carbons (Fsp3) is 0.440. The average molecular weight is 423 g/mol. The molecule has 158 valence electrons. The van der Waals surface area contributed by atoms with E-state index in [4.69, 9.17) is 0 Å². The van der Waals surface area contributed by atoms with E-state index < -0.39 is 0 Å². The fourth-order valence-corrected chi connectivity index (χ4v) is 6.24. The van der Waals surface area contributed by atoms with E-state index in [1.807, 2.05) is 11.8 Å². The van der Waals surface area contributed by atoms with Crippen LogP contribution >= 0.6 is 11.3 Å². The van der Waals surface area contributed by atoms with Crippen LogP contribution in [0.2, 0.25) is 0 Å². The second-order valence-electron chi connectivity index (χ2n) is 8.86. The Bertz CT molecular complexity index is 983. The van der Waals surface area contributed by atoms with Gasteiger partial charge in [-0.25, -0.2) is 0 Å².